The zero-order chi connectivity index (χ0) is 13.7. The van der Waals surface area contributed by atoms with Gasteiger partial charge in [-0.15, -0.1) is 0 Å². The summed E-state index contributed by atoms with van der Waals surface area (Å²) in [6, 6.07) is 0.330. The predicted octanol–water partition coefficient (Wildman–Crippen LogP) is 3.88. The van der Waals surface area contributed by atoms with Crippen molar-refractivity contribution in [1.29, 1.82) is 0 Å². The zero-order valence-electron chi connectivity index (χ0n) is 11.9. The van der Waals surface area contributed by atoms with Gasteiger partial charge in [0.1, 0.15) is 0 Å². The van der Waals surface area contributed by atoms with Gasteiger partial charge < -0.3 is 5.32 Å². The van der Waals surface area contributed by atoms with E-state index in [-0.39, 0.29) is 0 Å². The minimum absolute atomic E-state index is 0.330. The molecule has 0 bridgehead atoms. The van der Waals surface area contributed by atoms with Gasteiger partial charge in [0.2, 0.25) is 0 Å². The van der Waals surface area contributed by atoms with Crippen molar-refractivity contribution in [2.75, 3.05) is 12.3 Å². The summed E-state index contributed by atoms with van der Waals surface area (Å²) in [5.41, 5.74) is 1.18. The lowest BCUT2D eigenvalue weighted by atomic mass is 10.0. The van der Waals surface area contributed by atoms with E-state index >= 15 is 0 Å². The number of halogens is 1. The normalized spacial score (nSPS) is 21.5. The highest BCUT2D eigenvalue weighted by molar-refractivity contribution is 8.00. The Morgan fingerprint density at radius 2 is 2.37 bits per heavy atom. The Hall–Kier alpha value is -0.190. The fraction of sp³-hybridized carbons (Fsp3) is 0.786. The summed E-state index contributed by atoms with van der Waals surface area (Å²) in [7, 11) is 0. The van der Waals surface area contributed by atoms with E-state index in [1.54, 1.807) is 6.20 Å². The van der Waals surface area contributed by atoms with Gasteiger partial charge in [-0.25, -0.2) is 0 Å². The molecule has 0 aliphatic carbocycles. The van der Waals surface area contributed by atoms with Gasteiger partial charge >= 0.3 is 0 Å². The van der Waals surface area contributed by atoms with E-state index in [4.69, 9.17) is 11.6 Å². The second-order valence-electron chi connectivity index (χ2n) is 5.04. The summed E-state index contributed by atoms with van der Waals surface area (Å²) in [5, 5.41) is 9.50. The molecular weight excluding hydrogens is 278 g/mol. The van der Waals surface area contributed by atoms with Crippen molar-refractivity contribution < 1.29 is 0 Å². The number of aryl methyl sites for hydroxylation is 1. The van der Waals surface area contributed by atoms with Crippen LogP contribution in [0.1, 0.15) is 51.3 Å². The molecule has 0 aromatic carbocycles. The summed E-state index contributed by atoms with van der Waals surface area (Å²) >= 11 is 8.48. The number of rotatable bonds is 6. The maximum atomic E-state index is 6.40. The van der Waals surface area contributed by atoms with Crippen LogP contribution >= 0.6 is 23.4 Å². The Bertz CT molecular complexity index is 388. The van der Waals surface area contributed by atoms with Gasteiger partial charge in [0, 0.05) is 11.8 Å². The molecule has 2 heterocycles. The lowest BCUT2D eigenvalue weighted by molar-refractivity contribution is 0.446. The fourth-order valence-electron chi connectivity index (χ4n) is 2.72. The smallest absolute Gasteiger partial charge is 0.0834 e. The van der Waals surface area contributed by atoms with Gasteiger partial charge in [-0.3, -0.25) is 4.68 Å². The van der Waals surface area contributed by atoms with Gasteiger partial charge in [0.05, 0.1) is 23.0 Å². The van der Waals surface area contributed by atoms with E-state index in [0.29, 0.717) is 11.3 Å². The third kappa shape index (κ3) is 3.67. The lowest BCUT2D eigenvalue weighted by Gasteiger charge is -2.31. The molecule has 1 saturated heterocycles. The standard InChI is InChI=1S/C14H24ClN3S/c1-3-8-18-14(11(15)10-17-18)13(16-4-2)12-7-5-6-9-19-12/h10,12-13,16H,3-9H2,1-2H3. The largest absolute Gasteiger partial charge is 0.308 e. The van der Waals surface area contributed by atoms with Gasteiger partial charge in [0.25, 0.3) is 0 Å². The molecule has 0 spiro atoms. The minimum Gasteiger partial charge on any atom is -0.308 e. The van der Waals surface area contributed by atoms with E-state index in [2.05, 4.69) is 40.7 Å². The summed E-state index contributed by atoms with van der Waals surface area (Å²) in [4.78, 5) is 0. The number of aromatic nitrogens is 2. The van der Waals surface area contributed by atoms with Crippen molar-refractivity contribution in [3.05, 3.63) is 16.9 Å². The molecule has 2 atom stereocenters. The van der Waals surface area contributed by atoms with Crippen LogP contribution in [0.2, 0.25) is 5.02 Å². The maximum Gasteiger partial charge on any atom is 0.0834 e. The summed E-state index contributed by atoms with van der Waals surface area (Å²) in [5.74, 6) is 1.27. The maximum absolute atomic E-state index is 6.40. The van der Waals surface area contributed by atoms with E-state index in [9.17, 15) is 0 Å². The molecule has 0 amide bonds. The molecule has 19 heavy (non-hydrogen) atoms. The van der Waals surface area contributed by atoms with Crippen molar-refractivity contribution in [2.24, 2.45) is 0 Å². The molecular formula is C14H24ClN3S. The number of nitrogens with one attached hydrogen (secondary N) is 1. The molecule has 3 nitrogen and oxygen atoms in total. The van der Waals surface area contributed by atoms with E-state index in [1.807, 2.05) is 0 Å². The van der Waals surface area contributed by atoms with E-state index in [0.717, 1.165) is 24.5 Å². The number of hydrogen-bond acceptors (Lipinski definition) is 3. The summed E-state index contributed by atoms with van der Waals surface area (Å²) in [6.07, 6.45) is 6.84. The SMILES string of the molecule is CCCn1ncc(Cl)c1C(NCC)C1CCCCS1. The Morgan fingerprint density at radius 3 is 3.00 bits per heavy atom. The first-order chi connectivity index (χ1) is 9.27. The van der Waals surface area contributed by atoms with Crippen LogP contribution in [0.3, 0.4) is 0 Å². The molecule has 1 N–H and O–H groups in total. The van der Waals surface area contributed by atoms with Crippen LogP contribution in [-0.2, 0) is 6.54 Å². The highest BCUT2D eigenvalue weighted by Crippen LogP contribution is 2.37. The first kappa shape index (κ1) is 15.2. The molecule has 0 saturated carbocycles. The second-order valence-corrected chi connectivity index (χ2v) is 6.80. The van der Waals surface area contributed by atoms with Gasteiger partial charge in [0.15, 0.2) is 0 Å². The van der Waals surface area contributed by atoms with Crippen LogP contribution in [0.4, 0.5) is 0 Å². The molecule has 0 radical (unpaired) electrons. The summed E-state index contributed by atoms with van der Waals surface area (Å²) in [6.45, 7) is 6.25. The third-order valence-corrected chi connectivity index (χ3v) is 5.33. The Balaban J connectivity index is 2.24. The predicted molar refractivity (Wildman–Crippen MR) is 84.0 cm³/mol. The van der Waals surface area contributed by atoms with E-state index in [1.165, 1.54) is 30.7 Å². The monoisotopic (exact) mass is 301 g/mol. The first-order valence-electron chi connectivity index (χ1n) is 7.34. The van der Waals surface area contributed by atoms with Crippen LogP contribution in [0, 0.1) is 0 Å². The number of hydrogen-bond donors (Lipinski definition) is 1. The zero-order valence-corrected chi connectivity index (χ0v) is 13.4. The van der Waals surface area contributed by atoms with Crippen LogP contribution in [0.15, 0.2) is 6.20 Å². The highest BCUT2D eigenvalue weighted by Gasteiger charge is 2.29. The third-order valence-electron chi connectivity index (χ3n) is 3.57. The quantitative estimate of drug-likeness (QED) is 0.864. The van der Waals surface area contributed by atoms with Gasteiger partial charge in [-0.05, 0) is 31.6 Å². The average molecular weight is 302 g/mol. The van der Waals surface area contributed by atoms with Gasteiger partial charge in [-0.2, -0.15) is 16.9 Å². The molecule has 2 rings (SSSR count). The number of nitrogens with zero attached hydrogens (tertiary/aromatic N) is 2. The second kappa shape index (κ2) is 7.55. The average Bonchev–Trinajstić information content (AvgIpc) is 2.79. The molecule has 1 aromatic rings. The van der Waals surface area contributed by atoms with Crippen molar-refractivity contribution in [3.8, 4) is 0 Å². The van der Waals surface area contributed by atoms with Crippen molar-refractivity contribution in [1.82, 2.24) is 15.1 Å². The fourth-order valence-corrected chi connectivity index (χ4v) is 4.41. The van der Waals surface area contributed by atoms with E-state index < -0.39 is 0 Å². The Kier molecular flexibility index (Phi) is 6.05. The summed E-state index contributed by atoms with van der Waals surface area (Å²) < 4.78 is 2.09. The van der Waals surface area contributed by atoms with Crippen LogP contribution in [0.25, 0.3) is 0 Å². The van der Waals surface area contributed by atoms with Crippen molar-refractivity contribution in [2.45, 2.75) is 57.4 Å². The molecule has 1 aliphatic heterocycles. The van der Waals surface area contributed by atoms with Crippen LogP contribution in [0.5, 0.6) is 0 Å². The van der Waals surface area contributed by atoms with Crippen molar-refractivity contribution in [3.63, 3.8) is 0 Å². The van der Waals surface area contributed by atoms with Gasteiger partial charge in [-0.1, -0.05) is 31.9 Å². The van der Waals surface area contributed by atoms with Crippen LogP contribution in [-0.4, -0.2) is 27.3 Å². The highest BCUT2D eigenvalue weighted by atomic mass is 35.5. The van der Waals surface area contributed by atoms with Crippen molar-refractivity contribution >= 4 is 23.4 Å². The number of thioether (sulfide) groups is 1. The lowest BCUT2D eigenvalue weighted by Crippen LogP contribution is -2.33. The molecule has 108 valence electrons. The Morgan fingerprint density at radius 1 is 1.53 bits per heavy atom. The molecule has 1 fully saturated rings. The topological polar surface area (TPSA) is 29.9 Å². The molecule has 2 unspecified atom stereocenters. The molecule has 1 aromatic heterocycles. The minimum atomic E-state index is 0.330. The van der Waals surface area contributed by atoms with Crippen LogP contribution < -0.4 is 5.32 Å². The Labute approximate surface area is 125 Å². The first-order valence-corrected chi connectivity index (χ1v) is 8.76. The molecule has 5 heteroatoms. The molecule has 1 aliphatic rings.